The lowest BCUT2D eigenvalue weighted by Gasteiger charge is -2.36. The molecule has 1 unspecified atom stereocenters. The average molecular weight is 394 g/mol. The summed E-state index contributed by atoms with van der Waals surface area (Å²) in [6.45, 7) is 1.51. The molecule has 3 aliphatic rings. The Morgan fingerprint density at radius 2 is 1.90 bits per heavy atom. The van der Waals surface area contributed by atoms with E-state index in [1.165, 1.54) is 12.7 Å². The predicted octanol–water partition coefficient (Wildman–Crippen LogP) is 1.99. The number of hydrogen-bond acceptors (Lipinski definition) is 7. The van der Waals surface area contributed by atoms with Crippen molar-refractivity contribution >= 4 is 11.9 Å². The minimum absolute atomic E-state index is 0.0450. The van der Waals surface area contributed by atoms with Gasteiger partial charge in [0.2, 0.25) is 5.95 Å². The van der Waals surface area contributed by atoms with Crippen LogP contribution >= 0.6 is 0 Å². The largest absolute Gasteiger partial charge is 0.396 e. The molecule has 8 nitrogen and oxygen atoms in total. The van der Waals surface area contributed by atoms with E-state index in [9.17, 15) is 9.90 Å². The fourth-order valence-electron chi connectivity index (χ4n) is 5.05. The smallest absolute Gasteiger partial charge is 0.257 e. The van der Waals surface area contributed by atoms with Crippen LogP contribution in [0, 0.1) is 11.3 Å². The van der Waals surface area contributed by atoms with Crippen molar-refractivity contribution in [2.75, 3.05) is 25.0 Å². The molecule has 1 aliphatic heterocycles. The summed E-state index contributed by atoms with van der Waals surface area (Å²) in [5.41, 5.74) is 1.20. The fourth-order valence-corrected chi connectivity index (χ4v) is 5.05. The summed E-state index contributed by atoms with van der Waals surface area (Å²) in [7, 11) is 0. The number of rotatable bonds is 5. The Kier molecular flexibility index (Phi) is 4.46. The molecule has 0 bridgehead atoms. The summed E-state index contributed by atoms with van der Waals surface area (Å²) in [6.07, 6.45) is 14.7. The van der Waals surface area contributed by atoms with Crippen molar-refractivity contribution in [2.45, 2.75) is 44.1 Å². The second-order valence-corrected chi connectivity index (χ2v) is 8.78. The zero-order chi connectivity index (χ0) is 19.9. The molecule has 1 saturated heterocycles. The number of amides is 1. The van der Waals surface area contributed by atoms with Gasteiger partial charge in [0.1, 0.15) is 6.33 Å². The highest BCUT2D eigenvalue weighted by Gasteiger charge is 2.49. The number of fused-ring (bicyclic) bond motifs is 1. The van der Waals surface area contributed by atoms with Gasteiger partial charge in [-0.1, -0.05) is 12.8 Å². The Balaban J connectivity index is 1.28. The first-order valence-corrected chi connectivity index (χ1v) is 10.4. The summed E-state index contributed by atoms with van der Waals surface area (Å²) in [5.74, 6) is 0.857. The van der Waals surface area contributed by atoms with Crippen molar-refractivity contribution < 1.29 is 9.90 Å². The number of aliphatic hydroxyl groups excluding tert-OH is 1. The lowest BCUT2D eigenvalue weighted by Crippen LogP contribution is -2.37. The first-order chi connectivity index (χ1) is 14.1. The molecule has 0 spiro atoms. The van der Waals surface area contributed by atoms with Gasteiger partial charge in [-0.3, -0.25) is 4.79 Å². The summed E-state index contributed by atoms with van der Waals surface area (Å²) in [4.78, 5) is 31.9. The molecular formula is C21H26N6O2. The number of carbonyl (C=O) groups is 1. The van der Waals surface area contributed by atoms with Crippen molar-refractivity contribution in [2.24, 2.45) is 11.3 Å². The number of nitrogens with one attached hydrogen (secondary N) is 1. The van der Waals surface area contributed by atoms with Crippen molar-refractivity contribution in [1.82, 2.24) is 24.8 Å². The molecule has 2 atom stereocenters. The molecule has 2 aromatic rings. The Labute approximate surface area is 169 Å². The van der Waals surface area contributed by atoms with Crippen LogP contribution in [0.3, 0.4) is 0 Å². The summed E-state index contributed by atoms with van der Waals surface area (Å²) in [5, 5.41) is 13.4. The van der Waals surface area contributed by atoms with Gasteiger partial charge in [0.15, 0.2) is 0 Å². The monoisotopic (exact) mass is 394 g/mol. The van der Waals surface area contributed by atoms with Crippen molar-refractivity contribution in [3.8, 4) is 0 Å². The van der Waals surface area contributed by atoms with Crippen LogP contribution in [0.15, 0.2) is 31.1 Å². The van der Waals surface area contributed by atoms with Gasteiger partial charge in [-0.05, 0) is 31.6 Å². The molecule has 3 heterocycles. The van der Waals surface area contributed by atoms with Crippen molar-refractivity contribution in [1.29, 1.82) is 0 Å². The summed E-state index contributed by atoms with van der Waals surface area (Å²) < 4.78 is 0. The third-order valence-corrected chi connectivity index (χ3v) is 7.00. The summed E-state index contributed by atoms with van der Waals surface area (Å²) in [6, 6.07) is 0. The molecule has 2 aliphatic carbocycles. The third-order valence-electron chi connectivity index (χ3n) is 7.00. The molecule has 5 rings (SSSR count). The topological polar surface area (TPSA) is 104 Å². The SMILES string of the molecule is O=C(c1cnc(NC2(c3cncnc3)CC2)nc1)N1CC2CCCC[C@]2(CO)C1. The first-order valence-electron chi connectivity index (χ1n) is 10.4. The van der Waals surface area contributed by atoms with Gasteiger partial charge < -0.3 is 15.3 Å². The quantitative estimate of drug-likeness (QED) is 0.799. The molecule has 29 heavy (non-hydrogen) atoms. The maximum Gasteiger partial charge on any atom is 0.257 e. The zero-order valence-corrected chi connectivity index (χ0v) is 16.4. The highest BCUT2D eigenvalue weighted by molar-refractivity contribution is 5.94. The van der Waals surface area contributed by atoms with E-state index >= 15 is 0 Å². The molecule has 2 N–H and O–H groups in total. The Hall–Kier alpha value is -2.61. The molecule has 0 aromatic carbocycles. The second-order valence-electron chi connectivity index (χ2n) is 8.78. The fraction of sp³-hybridized carbons (Fsp3) is 0.571. The van der Waals surface area contributed by atoms with E-state index in [1.807, 2.05) is 17.3 Å². The highest BCUT2D eigenvalue weighted by atomic mass is 16.3. The number of nitrogens with zero attached hydrogens (tertiary/aromatic N) is 5. The number of carbonyl (C=O) groups excluding carboxylic acids is 1. The lowest BCUT2D eigenvalue weighted by atomic mass is 9.69. The van der Waals surface area contributed by atoms with Gasteiger partial charge in [-0.2, -0.15) is 0 Å². The second kappa shape index (κ2) is 7.02. The van der Waals surface area contributed by atoms with Crippen LogP contribution in [0.25, 0.3) is 0 Å². The van der Waals surface area contributed by atoms with E-state index in [4.69, 9.17) is 0 Å². The van der Waals surface area contributed by atoms with Crippen LogP contribution < -0.4 is 5.32 Å². The molecule has 0 radical (unpaired) electrons. The number of likely N-dealkylation sites (tertiary alicyclic amines) is 1. The van der Waals surface area contributed by atoms with Gasteiger partial charge in [0.25, 0.3) is 5.91 Å². The van der Waals surface area contributed by atoms with E-state index in [-0.39, 0.29) is 23.5 Å². The van der Waals surface area contributed by atoms with Crippen LogP contribution in [0.2, 0.25) is 0 Å². The first kappa shape index (κ1) is 18.4. The van der Waals surface area contributed by atoms with Gasteiger partial charge in [0, 0.05) is 48.9 Å². The Bertz CT molecular complexity index is 886. The van der Waals surface area contributed by atoms with E-state index < -0.39 is 0 Å². The van der Waals surface area contributed by atoms with Crippen molar-refractivity contribution in [3.63, 3.8) is 0 Å². The Morgan fingerprint density at radius 3 is 2.55 bits per heavy atom. The van der Waals surface area contributed by atoms with Gasteiger partial charge in [0.05, 0.1) is 17.7 Å². The normalized spacial score (nSPS) is 27.3. The zero-order valence-electron chi connectivity index (χ0n) is 16.4. The Morgan fingerprint density at radius 1 is 1.14 bits per heavy atom. The standard InChI is InChI=1S/C21H26N6O2/c28-13-20-4-2-1-3-16(20)11-27(12-20)18(29)15-7-24-19(25-8-15)26-21(5-6-21)17-9-22-14-23-10-17/h7-10,14,16,28H,1-6,11-13H2,(H,24,25,26)/t16?,20-/m1/s1. The molecule has 2 saturated carbocycles. The summed E-state index contributed by atoms with van der Waals surface area (Å²) >= 11 is 0. The minimum Gasteiger partial charge on any atom is -0.396 e. The van der Waals surface area contributed by atoms with E-state index in [0.717, 1.165) is 44.2 Å². The van der Waals surface area contributed by atoms with E-state index in [1.54, 1.807) is 12.4 Å². The number of hydrogen-bond donors (Lipinski definition) is 2. The van der Waals surface area contributed by atoms with E-state index in [0.29, 0.717) is 24.0 Å². The third kappa shape index (κ3) is 3.25. The molecule has 152 valence electrons. The minimum atomic E-state index is -0.203. The van der Waals surface area contributed by atoms with Crippen molar-refractivity contribution in [3.05, 3.63) is 42.2 Å². The number of aromatic nitrogens is 4. The molecule has 3 fully saturated rings. The van der Waals surface area contributed by atoms with Gasteiger partial charge in [-0.25, -0.2) is 19.9 Å². The maximum atomic E-state index is 13.0. The molecule has 8 heteroatoms. The molecule has 2 aromatic heterocycles. The highest BCUT2D eigenvalue weighted by Crippen LogP contribution is 2.48. The predicted molar refractivity (Wildman–Crippen MR) is 106 cm³/mol. The maximum absolute atomic E-state index is 13.0. The molecular weight excluding hydrogens is 368 g/mol. The van der Waals surface area contributed by atoms with Crippen LogP contribution in [0.5, 0.6) is 0 Å². The van der Waals surface area contributed by atoms with Gasteiger partial charge >= 0.3 is 0 Å². The number of aliphatic hydroxyl groups is 1. The average Bonchev–Trinajstić information content (AvgIpc) is 3.45. The van der Waals surface area contributed by atoms with Crippen LogP contribution in [-0.2, 0) is 5.54 Å². The van der Waals surface area contributed by atoms with Crippen LogP contribution in [-0.4, -0.2) is 55.5 Å². The molecule has 1 amide bonds. The lowest BCUT2D eigenvalue weighted by molar-refractivity contribution is 0.0553. The van der Waals surface area contributed by atoms with Crippen LogP contribution in [0.4, 0.5) is 5.95 Å². The number of anilines is 1. The van der Waals surface area contributed by atoms with Gasteiger partial charge in [-0.15, -0.1) is 0 Å². The van der Waals surface area contributed by atoms with Crippen LogP contribution in [0.1, 0.15) is 54.4 Å². The van der Waals surface area contributed by atoms with E-state index in [2.05, 4.69) is 25.3 Å².